The second-order valence-electron chi connectivity index (χ2n) is 4.96. The van der Waals surface area contributed by atoms with Crippen LogP contribution in [0.25, 0.3) is 0 Å². The third-order valence-corrected chi connectivity index (χ3v) is 4.18. The molecule has 90 valence electrons. The molecule has 2 heteroatoms. The fourth-order valence-corrected chi connectivity index (χ4v) is 2.82. The number of hydrogen-bond donors (Lipinski definition) is 0. The van der Waals surface area contributed by atoms with Crippen molar-refractivity contribution in [3.8, 4) is 0 Å². The first-order chi connectivity index (χ1) is 7.27. The van der Waals surface area contributed by atoms with Crippen LogP contribution in [0.15, 0.2) is 0 Å². The first-order valence-corrected chi connectivity index (χ1v) is 7.07. The van der Waals surface area contributed by atoms with Gasteiger partial charge in [-0.25, -0.2) is 0 Å². The van der Waals surface area contributed by atoms with Gasteiger partial charge in [0.2, 0.25) is 0 Å². The number of nitrogens with zero attached hydrogens (tertiary/aromatic N) is 1. The van der Waals surface area contributed by atoms with Crippen molar-refractivity contribution in [1.29, 1.82) is 0 Å². The predicted octanol–water partition coefficient (Wildman–Crippen LogP) is 3.91. The molecule has 0 bridgehead atoms. The van der Waals surface area contributed by atoms with E-state index >= 15 is 0 Å². The third-order valence-electron chi connectivity index (χ3n) is 3.91. The van der Waals surface area contributed by atoms with E-state index in [1.54, 1.807) is 0 Å². The van der Waals surface area contributed by atoms with Gasteiger partial charge in [0.25, 0.3) is 0 Å². The molecule has 0 N–H and O–H groups in total. The topological polar surface area (TPSA) is 3.24 Å². The van der Waals surface area contributed by atoms with Gasteiger partial charge in [-0.15, -0.1) is 11.6 Å². The van der Waals surface area contributed by atoms with Gasteiger partial charge in [-0.2, -0.15) is 0 Å². The highest BCUT2D eigenvalue weighted by Crippen LogP contribution is 2.28. The summed E-state index contributed by atoms with van der Waals surface area (Å²) < 4.78 is 0. The van der Waals surface area contributed by atoms with E-state index < -0.39 is 0 Å². The second-order valence-corrected chi connectivity index (χ2v) is 5.34. The van der Waals surface area contributed by atoms with Crippen molar-refractivity contribution in [1.82, 2.24) is 4.90 Å². The Hall–Kier alpha value is 0.250. The summed E-state index contributed by atoms with van der Waals surface area (Å²) in [5, 5.41) is 0. The SMILES string of the molecule is CCC1CCC(N(C)CCCCCl)CC1. The maximum atomic E-state index is 5.69. The molecule has 0 aromatic rings. The smallest absolute Gasteiger partial charge is 0.0223 e. The highest BCUT2D eigenvalue weighted by Gasteiger charge is 2.22. The molecule has 1 fully saturated rings. The summed E-state index contributed by atoms with van der Waals surface area (Å²) in [7, 11) is 2.28. The molecule has 0 spiro atoms. The maximum Gasteiger partial charge on any atom is 0.0223 e. The lowest BCUT2D eigenvalue weighted by Gasteiger charge is -2.34. The summed E-state index contributed by atoms with van der Waals surface area (Å²) in [6.45, 7) is 3.56. The van der Waals surface area contributed by atoms with Crippen molar-refractivity contribution >= 4 is 11.6 Å². The van der Waals surface area contributed by atoms with Crippen LogP contribution < -0.4 is 0 Å². The molecule has 1 nitrogen and oxygen atoms in total. The fourth-order valence-electron chi connectivity index (χ4n) is 2.63. The minimum atomic E-state index is 0.816. The van der Waals surface area contributed by atoms with Crippen LogP contribution in [0.3, 0.4) is 0 Å². The summed E-state index contributed by atoms with van der Waals surface area (Å²) in [4.78, 5) is 2.55. The summed E-state index contributed by atoms with van der Waals surface area (Å²) in [5.74, 6) is 1.83. The Morgan fingerprint density at radius 3 is 2.33 bits per heavy atom. The van der Waals surface area contributed by atoms with Gasteiger partial charge in [0.1, 0.15) is 0 Å². The van der Waals surface area contributed by atoms with Crippen LogP contribution in [-0.2, 0) is 0 Å². The van der Waals surface area contributed by atoms with Gasteiger partial charge < -0.3 is 4.90 Å². The number of halogens is 1. The molecule has 0 aromatic heterocycles. The molecule has 0 aromatic carbocycles. The number of alkyl halides is 1. The van der Waals surface area contributed by atoms with Gasteiger partial charge >= 0.3 is 0 Å². The Morgan fingerprint density at radius 1 is 1.13 bits per heavy atom. The lowest BCUT2D eigenvalue weighted by atomic mass is 9.84. The molecule has 0 radical (unpaired) electrons. The average molecular weight is 232 g/mol. The first kappa shape index (κ1) is 13.3. The van der Waals surface area contributed by atoms with Gasteiger partial charge in [0.15, 0.2) is 0 Å². The summed E-state index contributed by atoms with van der Waals surface area (Å²) in [6.07, 6.45) is 9.51. The zero-order valence-corrected chi connectivity index (χ0v) is 11.1. The van der Waals surface area contributed by atoms with Crippen molar-refractivity contribution in [2.45, 2.75) is 57.9 Å². The molecule has 0 unspecified atom stereocenters. The van der Waals surface area contributed by atoms with E-state index in [9.17, 15) is 0 Å². The molecule has 1 aliphatic carbocycles. The molecule has 1 rings (SSSR count). The summed E-state index contributed by atoms with van der Waals surface area (Å²) in [6, 6.07) is 0.850. The maximum absolute atomic E-state index is 5.69. The van der Waals surface area contributed by atoms with Gasteiger partial charge in [0, 0.05) is 11.9 Å². The first-order valence-electron chi connectivity index (χ1n) is 6.54. The van der Waals surface area contributed by atoms with Crippen molar-refractivity contribution < 1.29 is 0 Å². The molecule has 1 saturated carbocycles. The number of unbranched alkanes of at least 4 members (excludes halogenated alkanes) is 1. The molecule has 1 aliphatic rings. The van der Waals surface area contributed by atoms with Gasteiger partial charge in [-0.3, -0.25) is 0 Å². The van der Waals surface area contributed by atoms with E-state index in [1.165, 1.54) is 45.1 Å². The number of rotatable bonds is 6. The molecule has 15 heavy (non-hydrogen) atoms. The molecule has 0 atom stereocenters. The minimum Gasteiger partial charge on any atom is -0.303 e. The second kappa shape index (κ2) is 7.51. The van der Waals surface area contributed by atoms with Crippen LogP contribution in [0.5, 0.6) is 0 Å². The number of hydrogen-bond acceptors (Lipinski definition) is 1. The van der Waals surface area contributed by atoms with Crippen LogP contribution in [-0.4, -0.2) is 30.4 Å². The normalized spacial score (nSPS) is 27.2. The zero-order chi connectivity index (χ0) is 11.1. The van der Waals surface area contributed by atoms with Crippen LogP contribution in [0, 0.1) is 5.92 Å². The Morgan fingerprint density at radius 2 is 1.80 bits per heavy atom. The monoisotopic (exact) mass is 231 g/mol. The van der Waals surface area contributed by atoms with E-state index in [0.717, 1.165) is 24.3 Å². The lowest BCUT2D eigenvalue weighted by molar-refractivity contribution is 0.162. The van der Waals surface area contributed by atoms with E-state index in [2.05, 4.69) is 18.9 Å². The Labute approximate surface area is 100 Å². The van der Waals surface area contributed by atoms with Gasteiger partial charge in [0.05, 0.1) is 0 Å². The molecule has 0 saturated heterocycles. The van der Waals surface area contributed by atoms with E-state index in [0.29, 0.717) is 0 Å². The Balaban J connectivity index is 2.15. The molecule has 0 heterocycles. The van der Waals surface area contributed by atoms with Crippen LogP contribution in [0.4, 0.5) is 0 Å². The highest BCUT2D eigenvalue weighted by atomic mass is 35.5. The largest absolute Gasteiger partial charge is 0.303 e. The Bertz CT molecular complexity index is 153. The van der Waals surface area contributed by atoms with Crippen molar-refractivity contribution in [2.75, 3.05) is 19.5 Å². The van der Waals surface area contributed by atoms with Gasteiger partial charge in [-0.05, 0) is 58.0 Å². The summed E-state index contributed by atoms with van der Waals surface area (Å²) in [5.41, 5.74) is 0. The van der Waals surface area contributed by atoms with Crippen LogP contribution in [0.1, 0.15) is 51.9 Å². The average Bonchev–Trinajstić information content (AvgIpc) is 2.29. The standard InChI is InChI=1S/C13H26ClN/c1-3-12-6-8-13(9-7-12)15(2)11-5-4-10-14/h12-13H,3-11H2,1-2H3. The van der Waals surface area contributed by atoms with Crippen LogP contribution >= 0.6 is 11.6 Å². The van der Waals surface area contributed by atoms with Crippen LogP contribution in [0.2, 0.25) is 0 Å². The van der Waals surface area contributed by atoms with E-state index in [1.807, 2.05) is 0 Å². The van der Waals surface area contributed by atoms with Crippen molar-refractivity contribution in [3.05, 3.63) is 0 Å². The van der Waals surface area contributed by atoms with E-state index in [4.69, 9.17) is 11.6 Å². The fraction of sp³-hybridized carbons (Fsp3) is 1.00. The molecular formula is C13H26ClN. The van der Waals surface area contributed by atoms with E-state index in [-0.39, 0.29) is 0 Å². The minimum absolute atomic E-state index is 0.816. The quantitative estimate of drug-likeness (QED) is 0.495. The van der Waals surface area contributed by atoms with Crippen molar-refractivity contribution in [2.24, 2.45) is 5.92 Å². The van der Waals surface area contributed by atoms with Crippen molar-refractivity contribution in [3.63, 3.8) is 0 Å². The zero-order valence-electron chi connectivity index (χ0n) is 10.3. The highest BCUT2D eigenvalue weighted by molar-refractivity contribution is 6.17. The lowest BCUT2D eigenvalue weighted by Crippen LogP contribution is -2.35. The Kier molecular flexibility index (Phi) is 6.67. The summed E-state index contributed by atoms with van der Waals surface area (Å²) >= 11 is 5.69. The molecule has 0 amide bonds. The third kappa shape index (κ3) is 4.74. The predicted molar refractivity (Wildman–Crippen MR) is 68.6 cm³/mol. The molecular weight excluding hydrogens is 206 g/mol. The molecule has 0 aliphatic heterocycles. The van der Waals surface area contributed by atoms with Gasteiger partial charge in [-0.1, -0.05) is 13.3 Å².